The van der Waals surface area contributed by atoms with Crippen molar-refractivity contribution < 1.29 is 9.84 Å². The Kier molecular flexibility index (Phi) is 5.90. The van der Waals surface area contributed by atoms with Crippen LogP contribution in [0.4, 0.5) is 0 Å². The lowest BCUT2D eigenvalue weighted by molar-refractivity contribution is 0.186. The van der Waals surface area contributed by atoms with Crippen LogP contribution in [-0.4, -0.2) is 51.5 Å². The van der Waals surface area contributed by atoms with Crippen LogP contribution < -0.4 is 5.32 Å². The second kappa shape index (κ2) is 8.16. The molecule has 140 valence electrons. The predicted molar refractivity (Wildman–Crippen MR) is 105 cm³/mol. The van der Waals surface area contributed by atoms with Crippen molar-refractivity contribution in [3.63, 3.8) is 0 Å². The fourth-order valence-electron chi connectivity index (χ4n) is 3.75. The van der Waals surface area contributed by atoms with Crippen LogP contribution >= 0.6 is 12.2 Å². The van der Waals surface area contributed by atoms with Gasteiger partial charge in [0, 0.05) is 37.8 Å². The summed E-state index contributed by atoms with van der Waals surface area (Å²) in [7, 11) is 1.72. The minimum Gasteiger partial charge on any atom is -0.395 e. The highest BCUT2D eigenvalue weighted by Crippen LogP contribution is 2.40. The number of thiocarbonyl (C=S) groups is 1. The van der Waals surface area contributed by atoms with Crippen molar-refractivity contribution in [1.82, 2.24) is 19.8 Å². The van der Waals surface area contributed by atoms with Crippen LogP contribution in [0.1, 0.15) is 34.7 Å². The van der Waals surface area contributed by atoms with E-state index < -0.39 is 0 Å². The van der Waals surface area contributed by atoms with Crippen LogP contribution in [0.25, 0.3) is 0 Å². The molecule has 7 heteroatoms. The average Bonchev–Trinajstić information content (AvgIpc) is 3.11. The summed E-state index contributed by atoms with van der Waals surface area (Å²) in [6.45, 7) is 6.26. The molecule has 0 saturated carbocycles. The molecule has 2 aromatic heterocycles. The second-order valence-electron chi connectivity index (χ2n) is 6.51. The molecular weight excluding hydrogens is 348 g/mol. The van der Waals surface area contributed by atoms with Gasteiger partial charge >= 0.3 is 0 Å². The maximum Gasteiger partial charge on any atom is 0.170 e. The lowest BCUT2D eigenvalue weighted by atomic mass is 9.97. The van der Waals surface area contributed by atoms with E-state index >= 15 is 0 Å². The molecule has 2 aromatic rings. The molecule has 1 aliphatic rings. The van der Waals surface area contributed by atoms with Crippen molar-refractivity contribution >= 4 is 17.3 Å². The number of aryl methyl sites for hydroxylation is 1. The van der Waals surface area contributed by atoms with Gasteiger partial charge in [-0.3, -0.25) is 4.98 Å². The Morgan fingerprint density at radius 2 is 2.12 bits per heavy atom. The number of aliphatic hydroxyl groups is 1. The standard InChI is InChI=1S/C19H26N4O2S/c1-13-12-15(14(2)22(13)9-11-25-3)18-17(16-6-4-5-7-20-16)21-19(26)23(18)8-10-24/h4-7,12,17-18,24H,8-11H2,1-3H3,(H,21,26)/t17-,18+/m1/s1. The molecule has 0 radical (unpaired) electrons. The summed E-state index contributed by atoms with van der Waals surface area (Å²) in [6, 6.07) is 8.07. The molecule has 0 aromatic carbocycles. The van der Waals surface area contributed by atoms with Gasteiger partial charge in [-0.2, -0.15) is 0 Å². The zero-order valence-corrected chi connectivity index (χ0v) is 16.3. The molecule has 26 heavy (non-hydrogen) atoms. The summed E-state index contributed by atoms with van der Waals surface area (Å²) in [5.41, 5.74) is 4.54. The highest BCUT2D eigenvalue weighted by atomic mass is 32.1. The maximum absolute atomic E-state index is 9.54. The normalized spacial score (nSPS) is 19.8. The molecule has 3 heterocycles. The van der Waals surface area contributed by atoms with E-state index in [-0.39, 0.29) is 18.7 Å². The molecule has 0 spiro atoms. The lowest BCUT2D eigenvalue weighted by Crippen LogP contribution is -2.32. The van der Waals surface area contributed by atoms with Gasteiger partial charge in [-0.05, 0) is 49.8 Å². The maximum atomic E-state index is 9.54. The van der Waals surface area contributed by atoms with E-state index in [1.54, 1.807) is 13.3 Å². The summed E-state index contributed by atoms with van der Waals surface area (Å²) in [5.74, 6) is 0. The largest absolute Gasteiger partial charge is 0.395 e. The Balaban J connectivity index is 2.03. The monoisotopic (exact) mass is 374 g/mol. The summed E-state index contributed by atoms with van der Waals surface area (Å²) in [5, 5.41) is 13.6. The van der Waals surface area contributed by atoms with Gasteiger partial charge in [-0.15, -0.1) is 0 Å². The summed E-state index contributed by atoms with van der Waals surface area (Å²) >= 11 is 5.56. The molecule has 2 atom stereocenters. The average molecular weight is 375 g/mol. The smallest absolute Gasteiger partial charge is 0.170 e. The zero-order valence-electron chi connectivity index (χ0n) is 15.5. The molecule has 1 fully saturated rings. The highest BCUT2D eigenvalue weighted by molar-refractivity contribution is 7.80. The predicted octanol–water partition coefficient (Wildman–Crippen LogP) is 2.11. The van der Waals surface area contributed by atoms with Gasteiger partial charge in [0.25, 0.3) is 0 Å². The van der Waals surface area contributed by atoms with Crippen molar-refractivity contribution in [2.75, 3.05) is 26.9 Å². The number of rotatable bonds is 7. The fraction of sp³-hybridized carbons (Fsp3) is 0.474. The number of ether oxygens (including phenoxy) is 1. The minimum atomic E-state index is -0.0494. The van der Waals surface area contributed by atoms with Crippen molar-refractivity contribution in [3.05, 3.63) is 53.1 Å². The van der Waals surface area contributed by atoms with Crippen LogP contribution in [-0.2, 0) is 11.3 Å². The van der Waals surface area contributed by atoms with Crippen molar-refractivity contribution in [2.24, 2.45) is 0 Å². The van der Waals surface area contributed by atoms with Crippen LogP contribution in [0, 0.1) is 13.8 Å². The first-order chi connectivity index (χ1) is 12.6. The highest BCUT2D eigenvalue weighted by Gasteiger charge is 2.40. The molecule has 2 N–H and O–H groups in total. The van der Waals surface area contributed by atoms with Crippen molar-refractivity contribution in [1.29, 1.82) is 0 Å². The van der Waals surface area contributed by atoms with E-state index in [2.05, 4.69) is 39.7 Å². The van der Waals surface area contributed by atoms with E-state index in [0.717, 1.165) is 12.2 Å². The van der Waals surface area contributed by atoms with Crippen molar-refractivity contribution in [3.8, 4) is 0 Å². The van der Waals surface area contributed by atoms with Gasteiger partial charge in [0.05, 0.1) is 31.0 Å². The Labute approximate surface area is 159 Å². The number of methoxy groups -OCH3 is 1. The first kappa shape index (κ1) is 18.8. The first-order valence-electron chi connectivity index (χ1n) is 8.83. The number of hydrogen-bond acceptors (Lipinski definition) is 4. The molecule has 0 unspecified atom stereocenters. The summed E-state index contributed by atoms with van der Waals surface area (Å²) < 4.78 is 7.52. The van der Waals surface area contributed by atoms with Gasteiger partial charge in [0.2, 0.25) is 0 Å². The zero-order chi connectivity index (χ0) is 18.7. The number of hydrogen-bond donors (Lipinski definition) is 2. The lowest BCUT2D eigenvalue weighted by Gasteiger charge is -2.27. The first-order valence-corrected chi connectivity index (χ1v) is 9.23. The van der Waals surface area contributed by atoms with Crippen LogP contribution in [0.3, 0.4) is 0 Å². The van der Waals surface area contributed by atoms with Gasteiger partial charge in [-0.25, -0.2) is 0 Å². The third-order valence-electron chi connectivity index (χ3n) is 4.99. The Hall–Kier alpha value is -1.96. The van der Waals surface area contributed by atoms with Gasteiger partial charge < -0.3 is 24.6 Å². The molecule has 0 amide bonds. The quantitative estimate of drug-likeness (QED) is 0.724. The molecule has 3 rings (SSSR count). The van der Waals surface area contributed by atoms with E-state index in [1.165, 1.54) is 17.0 Å². The number of β-amino-alcohol motifs (C(OH)–C–C–N with tert-alkyl or cyclic N) is 1. The number of nitrogens with zero attached hydrogens (tertiary/aromatic N) is 3. The molecule has 0 aliphatic carbocycles. The van der Waals surface area contributed by atoms with Gasteiger partial charge in [0.15, 0.2) is 5.11 Å². The number of pyridine rings is 1. The summed E-state index contributed by atoms with van der Waals surface area (Å²) in [4.78, 5) is 6.60. The summed E-state index contributed by atoms with van der Waals surface area (Å²) in [6.07, 6.45) is 1.80. The Morgan fingerprint density at radius 3 is 2.77 bits per heavy atom. The number of nitrogens with one attached hydrogen (secondary N) is 1. The number of aliphatic hydroxyl groups excluding tert-OH is 1. The van der Waals surface area contributed by atoms with Gasteiger partial charge in [-0.1, -0.05) is 6.07 Å². The topological polar surface area (TPSA) is 62.5 Å². The number of aromatic nitrogens is 2. The Morgan fingerprint density at radius 1 is 1.31 bits per heavy atom. The molecule has 1 saturated heterocycles. The van der Waals surface area contributed by atoms with E-state index in [1.807, 2.05) is 18.2 Å². The van der Waals surface area contributed by atoms with Gasteiger partial charge in [0.1, 0.15) is 0 Å². The SMILES string of the molecule is COCCn1c(C)cc([C@H]2[C@@H](c3ccccn3)NC(=S)N2CCO)c1C. The Bertz CT molecular complexity index is 762. The second-order valence-corrected chi connectivity index (χ2v) is 6.90. The molecular formula is C19H26N4O2S. The minimum absolute atomic E-state index is 0.00737. The van der Waals surface area contributed by atoms with Crippen LogP contribution in [0.15, 0.2) is 30.5 Å². The van der Waals surface area contributed by atoms with Crippen molar-refractivity contribution in [2.45, 2.75) is 32.5 Å². The van der Waals surface area contributed by atoms with E-state index in [4.69, 9.17) is 17.0 Å². The van der Waals surface area contributed by atoms with Crippen LogP contribution in [0.5, 0.6) is 0 Å². The van der Waals surface area contributed by atoms with E-state index in [9.17, 15) is 5.11 Å². The molecule has 6 nitrogen and oxygen atoms in total. The molecule has 1 aliphatic heterocycles. The third-order valence-corrected chi connectivity index (χ3v) is 5.34. The fourth-order valence-corrected chi connectivity index (χ4v) is 4.08. The third kappa shape index (κ3) is 3.47. The van der Waals surface area contributed by atoms with E-state index in [0.29, 0.717) is 18.3 Å². The van der Waals surface area contributed by atoms with Crippen LogP contribution in [0.2, 0.25) is 0 Å². The molecule has 0 bridgehead atoms.